The molecule has 26 heavy (non-hydrogen) atoms. The summed E-state index contributed by atoms with van der Waals surface area (Å²) in [6, 6.07) is 6.50. The van der Waals surface area contributed by atoms with Crippen molar-refractivity contribution in [3.63, 3.8) is 0 Å². The van der Waals surface area contributed by atoms with Crippen LogP contribution in [0.3, 0.4) is 0 Å². The molecule has 0 saturated carbocycles. The van der Waals surface area contributed by atoms with Crippen LogP contribution >= 0.6 is 0 Å². The summed E-state index contributed by atoms with van der Waals surface area (Å²) in [5, 5.41) is 10.2. The number of ether oxygens (including phenoxy) is 2. The molecule has 2 aromatic rings. The molecule has 1 heterocycles. The molecule has 4 heteroatoms. The van der Waals surface area contributed by atoms with E-state index in [2.05, 4.69) is 24.1 Å². The van der Waals surface area contributed by atoms with Gasteiger partial charge in [0.25, 0.3) is 0 Å². The van der Waals surface area contributed by atoms with E-state index in [1.54, 1.807) is 7.11 Å². The highest BCUT2D eigenvalue weighted by Crippen LogP contribution is 2.53. The van der Waals surface area contributed by atoms with Gasteiger partial charge >= 0.3 is 0 Å². The van der Waals surface area contributed by atoms with E-state index >= 15 is 0 Å². The van der Waals surface area contributed by atoms with Crippen molar-refractivity contribution in [1.29, 1.82) is 0 Å². The maximum absolute atomic E-state index is 10.2. The van der Waals surface area contributed by atoms with Crippen LogP contribution in [0.25, 0.3) is 11.1 Å². The maximum atomic E-state index is 10.2. The number of rotatable bonds is 3. The lowest BCUT2D eigenvalue weighted by molar-refractivity contribution is 0.218. The minimum Gasteiger partial charge on any atom is -0.508 e. The Bertz CT molecular complexity index is 872. The van der Waals surface area contributed by atoms with E-state index in [4.69, 9.17) is 9.47 Å². The van der Waals surface area contributed by atoms with Crippen molar-refractivity contribution in [2.45, 2.75) is 45.8 Å². The monoisotopic (exact) mass is 353 g/mol. The summed E-state index contributed by atoms with van der Waals surface area (Å²) >= 11 is 0. The standard InChI is InChI=1S/C22H27NO3/c1-12(2)26-19-11-14-6-7-23(4)17-9-15-10-18(24)13(3)8-16(15)21(20(14)17)22(19)25-5/h8,10-12,17,24H,6-7,9H2,1-5H3. The first kappa shape index (κ1) is 17.2. The van der Waals surface area contributed by atoms with Crippen LogP contribution in [0, 0.1) is 6.92 Å². The van der Waals surface area contributed by atoms with Gasteiger partial charge in [0.05, 0.1) is 13.2 Å². The molecule has 1 aliphatic carbocycles. The van der Waals surface area contributed by atoms with Gasteiger partial charge in [0.2, 0.25) is 0 Å². The molecule has 0 saturated heterocycles. The minimum atomic E-state index is 0.0841. The zero-order valence-electron chi connectivity index (χ0n) is 16.2. The lowest BCUT2D eigenvalue weighted by Crippen LogP contribution is -2.35. The van der Waals surface area contributed by atoms with Gasteiger partial charge in [-0.05, 0) is 86.7 Å². The van der Waals surface area contributed by atoms with E-state index in [1.165, 1.54) is 16.7 Å². The molecule has 4 rings (SSSR count). The number of fused-ring (bicyclic) bond motifs is 2. The van der Waals surface area contributed by atoms with Crippen LogP contribution in [0.2, 0.25) is 0 Å². The van der Waals surface area contributed by atoms with Crippen molar-refractivity contribution in [3.8, 4) is 28.4 Å². The van der Waals surface area contributed by atoms with Crippen molar-refractivity contribution in [1.82, 2.24) is 4.90 Å². The van der Waals surface area contributed by atoms with E-state index in [0.29, 0.717) is 11.8 Å². The number of aryl methyl sites for hydroxylation is 1. The number of likely N-dealkylation sites (N-methyl/N-ethyl adjacent to an activating group) is 1. The summed E-state index contributed by atoms with van der Waals surface area (Å²) in [5.41, 5.74) is 7.08. The third kappa shape index (κ3) is 2.55. The maximum Gasteiger partial charge on any atom is 0.168 e. The number of nitrogens with zero attached hydrogens (tertiary/aromatic N) is 1. The molecule has 0 fully saturated rings. The smallest absolute Gasteiger partial charge is 0.168 e. The summed E-state index contributed by atoms with van der Waals surface area (Å²) in [7, 11) is 3.90. The third-order valence-corrected chi connectivity index (χ3v) is 5.64. The van der Waals surface area contributed by atoms with Crippen LogP contribution in [-0.2, 0) is 12.8 Å². The molecule has 2 aromatic carbocycles. The van der Waals surface area contributed by atoms with Gasteiger partial charge in [0.15, 0.2) is 11.5 Å². The predicted molar refractivity (Wildman–Crippen MR) is 103 cm³/mol. The molecule has 1 atom stereocenters. The molecule has 2 aliphatic rings. The minimum absolute atomic E-state index is 0.0841. The van der Waals surface area contributed by atoms with Crippen LogP contribution in [0.5, 0.6) is 17.2 Å². The summed E-state index contributed by atoms with van der Waals surface area (Å²) in [6.45, 7) is 7.05. The second-order valence-corrected chi connectivity index (χ2v) is 7.77. The first-order valence-corrected chi connectivity index (χ1v) is 9.34. The normalized spacial score (nSPS) is 18.5. The fourth-order valence-electron chi connectivity index (χ4n) is 4.39. The number of hydrogen-bond acceptors (Lipinski definition) is 4. The summed E-state index contributed by atoms with van der Waals surface area (Å²) in [5.74, 6) is 1.99. The van der Waals surface area contributed by atoms with Crippen LogP contribution in [0.15, 0.2) is 18.2 Å². The highest BCUT2D eigenvalue weighted by atomic mass is 16.5. The molecule has 1 aliphatic heterocycles. The van der Waals surface area contributed by atoms with Gasteiger partial charge in [-0.1, -0.05) is 0 Å². The molecular formula is C22H27NO3. The Kier molecular flexibility index (Phi) is 4.11. The first-order valence-electron chi connectivity index (χ1n) is 9.34. The highest BCUT2D eigenvalue weighted by Gasteiger charge is 2.36. The van der Waals surface area contributed by atoms with E-state index in [-0.39, 0.29) is 6.10 Å². The van der Waals surface area contributed by atoms with E-state index in [9.17, 15) is 5.11 Å². The van der Waals surface area contributed by atoms with Crippen molar-refractivity contribution >= 4 is 0 Å². The number of hydrogen-bond donors (Lipinski definition) is 1. The lowest BCUT2D eigenvalue weighted by Gasteiger charge is -2.40. The molecule has 0 aromatic heterocycles. The topological polar surface area (TPSA) is 41.9 Å². The quantitative estimate of drug-likeness (QED) is 0.896. The Labute approximate surface area is 155 Å². The summed E-state index contributed by atoms with van der Waals surface area (Å²) in [6.07, 6.45) is 2.01. The zero-order chi connectivity index (χ0) is 18.6. The van der Waals surface area contributed by atoms with E-state index in [0.717, 1.165) is 47.6 Å². The largest absolute Gasteiger partial charge is 0.508 e. The highest BCUT2D eigenvalue weighted by molar-refractivity contribution is 5.84. The lowest BCUT2D eigenvalue weighted by atomic mass is 9.76. The second-order valence-electron chi connectivity index (χ2n) is 7.77. The van der Waals surface area contributed by atoms with Crippen LogP contribution in [0.1, 0.15) is 42.1 Å². The fraction of sp³-hybridized carbons (Fsp3) is 0.455. The Morgan fingerprint density at radius 2 is 1.96 bits per heavy atom. The fourth-order valence-corrected chi connectivity index (χ4v) is 4.39. The van der Waals surface area contributed by atoms with Gasteiger partial charge in [-0.3, -0.25) is 4.90 Å². The molecular weight excluding hydrogens is 326 g/mol. The van der Waals surface area contributed by atoms with Gasteiger partial charge in [0.1, 0.15) is 5.75 Å². The molecule has 138 valence electrons. The molecule has 0 bridgehead atoms. The Hall–Kier alpha value is -2.20. The third-order valence-electron chi connectivity index (χ3n) is 5.64. The van der Waals surface area contributed by atoms with E-state index in [1.807, 2.05) is 26.8 Å². The van der Waals surface area contributed by atoms with Crippen molar-refractivity contribution in [2.75, 3.05) is 20.7 Å². The van der Waals surface area contributed by atoms with E-state index < -0.39 is 0 Å². The van der Waals surface area contributed by atoms with Crippen LogP contribution in [0.4, 0.5) is 0 Å². The molecule has 4 nitrogen and oxygen atoms in total. The number of benzene rings is 2. The number of phenolic OH excluding ortho intramolecular Hbond substituents is 1. The average molecular weight is 353 g/mol. The molecule has 0 amide bonds. The predicted octanol–water partition coefficient (Wildman–Crippen LogP) is 4.25. The van der Waals surface area contributed by atoms with Crippen molar-refractivity contribution in [3.05, 3.63) is 40.5 Å². The zero-order valence-corrected chi connectivity index (χ0v) is 16.2. The van der Waals surface area contributed by atoms with Gasteiger partial charge in [-0.25, -0.2) is 0 Å². The van der Waals surface area contributed by atoms with Crippen LogP contribution < -0.4 is 9.47 Å². The number of aromatic hydroxyl groups is 1. The van der Waals surface area contributed by atoms with Gasteiger partial charge in [0, 0.05) is 18.2 Å². The number of methoxy groups -OCH3 is 1. The van der Waals surface area contributed by atoms with Crippen molar-refractivity contribution in [2.24, 2.45) is 0 Å². The summed E-state index contributed by atoms with van der Waals surface area (Å²) < 4.78 is 12.0. The molecule has 0 radical (unpaired) electrons. The van der Waals surface area contributed by atoms with Gasteiger partial charge in [-0.2, -0.15) is 0 Å². The SMILES string of the molecule is COc1c(OC(C)C)cc2c3c1-c1cc(C)c(O)cc1CC3N(C)CC2. The van der Waals surface area contributed by atoms with Gasteiger partial charge < -0.3 is 14.6 Å². The molecule has 1 unspecified atom stereocenters. The first-order chi connectivity index (χ1) is 12.4. The van der Waals surface area contributed by atoms with Crippen LogP contribution in [-0.4, -0.2) is 36.8 Å². The second kappa shape index (κ2) is 6.20. The Morgan fingerprint density at radius 1 is 1.19 bits per heavy atom. The Morgan fingerprint density at radius 3 is 2.65 bits per heavy atom. The van der Waals surface area contributed by atoms with Gasteiger partial charge in [-0.15, -0.1) is 0 Å². The molecule has 0 spiro atoms. The Balaban J connectivity index is 2.05. The molecule has 1 N–H and O–H groups in total. The summed E-state index contributed by atoms with van der Waals surface area (Å²) in [4.78, 5) is 2.41. The van der Waals surface area contributed by atoms with Crippen molar-refractivity contribution < 1.29 is 14.6 Å². The number of phenols is 1. The average Bonchev–Trinajstić information content (AvgIpc) is 2.58.